The zero-order valence-electron chi connectivity index (χ0n) is 14.2. The van der Waals surface area contributed by atoms with E-state index in [2.05, 4.69) is 15.4 Å². The number of rotatable bonds is 5. The largest absolute Gasteiger partial charge is 0.376 e. The first-order valence-electron chi connectivity index (χ1n) is 8.10. The van der Waals surface area contributed by atoms with Gasteiger partial charge in [-0.3, -0.25) is 9.48 Å². The standard InChI is InChI=1S/C16H23N5O2S/c1-11-10-24-15(19-11)5-17-14-4-18-21(8-14)9-16(22)20-6-12(2)23-13(3)7-20/h4,8,10,12-13,17H,5-7,9H2,1-3H3/t12-,13+. The minimum atomic E-state index is 0.0715. The highest BCUT2D eigenvalue weighted by Gasteiger charge is 2.25. The first-order valence-corrected chi connectivity index (χ1v) is 8.98. The third kappa shape index (κ3) is 4.33. The number of nitrogens with one attached hydrogen (secondary N) is 1. The molecule has 3 rings (SSSR count). The molecular weight excluding hydrogens is 326 g/mol. The van der Waals surface area contributed by atoms with E-state index in [0.717, 1.165) is 16.4 Å². The van der Waals surface area contributed by atoms with Gasteiger partial charge in [0.25, 0.3) is 0 Å². The Balaban J connectivity index is 1.52. The number of hydrogen-bond acceptors (Lipinski definition) is 6. The summed E-state index contributed by atoms with van der Waals surface area (Å²) in [5, 5.41) is 10.6. The summed E-state index contributed by atoms with van der Waals surface area (Å²) in [5.41, 5.74) is 1.92. The van der Waals surface area contributed by atoms with Crippen molar-refractivity contribution in [1.82, 2.24) is 19.7 Å². The molecule has 1 saturated heterocycles. The van der Waals surface area contributed by atoms with Gasteiger partial charge in [-0.2, -0.15) is 5.10 Å². The van der Waals surface area contributed by atoms with Crippen LogP contribution in [-0.2, 0) is 22.6 Å². The van der Waals surface area contributed by atoms with Crippen molar-refractivity contribution in [2.24, 2.45) is 0 Å². The number of nitrogens with zero attached hydrogens (tertiary/aromatic N) is 4. The van der Waals surface area contributed by atoms with Crippen molar-refractivity contribution in [3.63, 3.8) is 0 Å². The summed E-state index contributed by atoms with van der Waals surface area (Å²) in [6.07, 6.45) is 3.74. The van der Waals surface area contributed by atoms with Gasteiger partial charge in [0.15, 0.2) is 0 Å². The molecule has 0 aliphatic carbocycles. The number of aryl methyl sites for hydroxylation is 1. The van der Waals surface area contributed by atoms with Crippen LogP contribution in [0.1, 0.15) is 24.5 Å². The Kier molecular flexibility index (Phi) is 5.15. The number of carbonyl (C=O) groups is 1. The first-order chi connectivity index (χ1) is 11.5. The molecule has 0 radical (unpaired) electrons. The lowest BCUT2D eigenvalue weighted by Crippen LogP contribution is -2.49. The van der Waals surface area contributed by atoms with E-state index >= 15 is 0 Å². The molecule has 1 aliphatic heterocycles. The number of thiazole rings is 1. The van der Waals surface area contributed by atoms with Crippen molar-refractivity contribution >= 4 is 22.9 Å². The number of hydrogen-bond donors (Lipinski definition) is 1. The molecular formula is C16H23N5O2S. The SMILES string of the molecule is Cc1csc(CNc2cnn(CC(=O)N3C[C@@H](C)O[C@@H](C)C3)c2)n1. The second kappa shape index (κ2) is 7.31. The molecule has 1 fully saturated rings. The van der Waals surface area contributed by atoms with Crippen LogP contribution in [0.3, 0.4) is 0 Å². The fourth-order valence-corrected chi connectivity index (χ4v) is 3.53. The highest BCUT2D eigenvalue weighted by Crippen LogP contribution is 2.14. The third-order valence-electron chi connectivity index (χ3n) is 3.81. The lowest BCUT2D eigenvalue weighted by atomic mass is 10.2. The molecule has 130 valence electrons. The molecule has 1 amide bonds. The van der Waals surface area contributed by atoms with E-state index in [1.165, 1.54) is 0 Å². The Morgan fingerprint density at radius 1 is 1.42 bits per heavy atom. The van der Waals surface area contributed by atoms with Crippen LogP contribution in [0.25, 0.3) is 0 Å². The van der Waals surface area contributed by atoms with E-state index in [0.29, 0.717) is 19.6 Å². The number of anilines is 1. The maximum Gasteiger partial charge on any atom is 0.244 e. The van der Waals surface area contributed by atoms with Crippen molar-refractivity contribution in [1.29, 1.82) is 0 Å². The van der Waals surface area contributed by atoms with Crippen LogP contribution >= 0.6 is 11.3 Å². The number of ether oxygens (including phenoxy) is 1. The molecule has 3 heterocycles. The van der Waals surface area contributed by atoms with E-state index in [4.69, 9.17) is 4.74 Å². The maximum absolute atomic E-state index is 12.4. The Hall–Kier alpha value is -1.93. The van der Waals surface area contributed by atoms with Gasteiger partial charge in [-0.1, -0.05) is 0 Å². The van der Waals surface area contributed by atoms with E-state index in [1.54, 1.807) is 22.2 Å². The lowest BCUT2D eigenvalue weighted by Gasteiger charge is -2.35. The quantitative estimate of drug-likeness (QED) is 0.892. The number of amides is 1. The molecule has 0 spiro atoms. The molecule has 24 heavy (non-hydrogen) atoms. The molecule has 0 unspecified atom stereocenters. The number of morpholine rings is 1. The molecule has 2 aromatic heterocycles. The summed E-state index contributed by atoms with van der Waals surface area (Å²) in [6, 6.07) is 0. The molecule has 8 heteroatoms. The van der Waals surface area contributed by atoms with Gasteiger partial charge in [0.2, 0.25) is 5.91 Å². The van der Waals surface area contributed by atoms with Gasteiger partial charge in [-0.05, 0) is 20.8 Å². The zero-order valence-corrected chi connectivity index (χ0v) is 15.0. The lowest BCUT2D eigenvalue weighted by molar-refractivity contribution is -0.144. The predicted molar refractivity (Wildman–Crippen MR) is 93.0 cm³/mol. The second-order valence-corrected chi connectivity index (χ2v) is 7.16. The zero-order chi connectivity index (χ0) is 17.1. The monoisotopic (exact) mass is 349 g/mol. The first kappa shape index (κ1) is 16.9. The summed E-state index contributed by atoms with van der Waals surface area (Å²) in [6.45, 7) is 8.15. The van der Waals surface area contributed by atoms with Crippen molar-refractivity contribution < 1.29 is 9.53 Å². The minimum Gasteiger partial charge on any atom is -0.376 e. The van der Waals surface area contributed by atoms with Gasteiger partial charge in [0.1, 0.15) is 11.6 Å². The summed E-state index contributed by atoms with van der Waals surface area (Å²) in [7, 11) is 0. The van der Waals surface area contributed by atoms with Crippen LogP contribution in [0.5, 0.6) is 0 Å². The normalized spacial score (nSPS) is 21.0. The van der Waals surface area contributed by atoms with Gasteiger partial charge < -0.3 is 15.0 Å². The maximum atomic E-state index is 12.4. The smallest absolute Gasteiger partial charge is 0.244 e. The van der Waals surface area contributed by atoms with Gasteiger partial charge in [-0.25, -0.2) is 4.98 Å². The molecule has 2 atom stereocenters. The van der Waals surface area contributed by atoms with Gasteiger partial charge >= 0.3 is 0 Å². The Labute approximate surface area is 145 Å². The van der Waals surface area contributed by atoms with Crippen molar-refractivity contribution in [2.75, 3.05) is 18.4 Å². The molecule has 0 saturated carbocycles. The van der Waals surface area contributed by atoms with E-state index in [-0.39, 0.29) is 24.7 Å². The molecule has 0 bridgehead atoms. The molecule has 7 nitrogen and oxygen atoms in total. The van der Waals surface area contributed by atoms with Crippen LogP contribution in [0.15, 0.2) is 17.8 Å². The Bertz CT molecular complexity index is 688. The van der Waals surface area contributed by atoms with Crippen molar-refractivity contribution in [2.45, 2.75) is 46.1 Å². The van der Waals surface area contributed by atoms with Crippen LogP contribution in [-0.4, -0.2) is 50.9 Å². The van der Waals surface area contributed by atoms with Crippen LogP contribution < -0.4 is 5.32 Å². The average molecular weight is 349 g/mol. The highest BCUT2D eigenvalue weighted by molar-refractivity contribution is 7.09. The molecule has 0 aromatic carbocycles. The van der Waals surface area contributed by atoms with Crippen molar-refractivity contribution in [3.8, 4) is 0 Å². The molecule has 2 aromatic rings. The second-order valence-electron chi connectivity index (χ2n) is 6.22. The van der Waals surface area contributed by atoms with Gasteiger partial charge in [0.05, 0.1) is 30.6 Å². The molecule has 1 aliphatic rings. The molecule has 1 N–H and O–H groups in total. The fourth-order valence-electron chi connectivity index (χ4n) is 2.82. The van der Waals surface area contributed by atoms with Crippen LogP contribution in [0.2, 0.25) is 0 Å². The van der Waals surface area contributed by atoms with E-state index in [9.17, 15) is 4.79 Å². The summed E-state index contributed by atoms with van der Waals surface area (Å²) >= 11 is 1.63. The average Bonchev–Trinajstić information content (AvgIpc) is 3.13. The summed E-state index contributed by atoms with van der Waals surface area (Å²) < 4.78 is 7.33. The van der Waals surface area contributed by atoms with Crippen LogP contribution in [0, 0.1) is 6.92 Å². The van der Waals surface area contributed by atoms with Gasteiger partial charge in [0, 0.05) is 30.4 Å². The van der Waals surface area contributed by atoms with E-state index in [1.807, 2.05) is 37.2 Å². The predicted octanol–water partition coefficient (Wildman–Crippen LogP) is 1.90. The van der Waals surface area contributed by atoms with Gasteiger partial charge in [-0.15, -0.1) is 11.3 Å². The minimum absolute atomic E-state index is 0.0715. The topological polar surface area (TPSA) is 72.3 Å². The Morgan fingerprint density at radius 2 is 2.17 bits per heavy atom. The number of carbonyl (C=O) groups excluding carboxylic acids is 1. The summed E-state index contributed by atoms with van der Waals surface area (Å²) in [4.78, 5) is 18.7. The third-order valence-corrected chi connectivity index (χ3v) is 4.78. The van der Waals surface area contributed by atoms with E-state index < -0.39 is 0 Å². The van der Waals surface area contributed by atoms with Crippen molar-refractivity contribution in [3.05, 3.63) is 28.5 Å². The summed E-state index contributed by atoms with van der Waals surface area (Å²) in [5.74, 6) is 0.0715. The highest BCUT2D eigenvalue weighted by atomic mass is 32.1. The number of aromatic nitrogens is 3. The Morgan fingerprint density at radius 3 is 2.83 bits per heavy atom. The van der Waals surface area contributed by atoms with Crippen LogP contribution in [0.4, 0.5) is 5.69 Å². The fraction of sp³-hybridized carbons (Fsp3) is 0.562.